The van der Waals surface area contributed by atoms with Crippen molar-refractivity contribution >= 4 is 34.0 Å². The Morgan fingerprint density at radius 3 is 2.39 bits per heavy atom. The number of hydrogen-bond acceptors (Lipinski definition) is 7. The zero-order valence-corrected chi connectivity index (χ0v) is 19.9. The molecule has 0 aliphatic heterocycles. The van der Waals surface area contributed by atoms with E-state index < -0.39 is 17.5 Å². The van der Waals surface area contributed by atoms with E-state index in [4.69, 9.17) is 0 Å². The van der Waals surface area contributed by atoms with Crippen molar-refractivity contribution in [2.45, 2.75) is 31.5 Å². The lowest BCUT2D eigenvalue weighted by molar-refractivity contribution is -0.138. The second-order valence-corrected chi connectivity index (χ2v) is 8.71. The van der Waals surface area contributed by atoms with Gasteiger partial charge in [-0.3, -0.25) is 4.98 Å². The number of hydrogen-bond donors (Lipinski definition) is 3. The SMILES string of the molecule is CN(C)C1CCC1.Oc1ccc(Nc2nccc(Nc3cnc4ccccc4c3)n2)cc1C(F)(F)F. The van der Waals surface area contributed by atoms with Crippen molar-refractivity contribution in [2.75, 3.05) is 24.7 Å². The number of nitrogens with zero attached hydrogens (tertiary/aromatic N) is 4. The predicted molar refractivity (Wildman–Crippen MR) is 135 cm³/mol. The van der Waals surface area contributed by atoms with Gasteiger partial charge in [-0.2, -0.15) is 18.2 Å². The molecule has 10 heteroatoms. The molecule has 0 unspecified atom stereocenters. The molecule has 2 aromatic heterocycles. The molecule has 7 nitrogen and oxygen atoms in total. The molecule has 1 aliphatic rings. The second-order valence-electron chi connectivity index (χ2n) is 8.71. The fraction of sp³-hybridized carbons (Fsp3) is 0.269. The van der Waals surface area contributed by atoms with E-state index >= 15 is 0 Å². The number of nitrogens with one attached hydrogen (secondary N) is 2. The van der Waals surface area contributed by atoms with Crippen molar-refractivity contribution in [1.29, 1.82) is 0 Å². The highest BCUT2D eigenvalue weighted by atomic mass is 19.4. The summed E-state index contributed by atoms with van der Waals surface area (Å²) in [6, 6.07) is 15.2. The van der Waals surface area contributed by atoms with Gasteiger partial charge in [0.25, 0.3) is 0 Å². The number of fused-ring (bicyclic) bond motifs is 1. The molecule has 0 bridgehead atoms. The van der Waals surface area contributed by atoms with Gasteiger partial charge >= 0.3 is 6.18 Å². The normalized spacial score (nSPS) is 13.6. The van der Waals surface area contributed by atoms with Crippen LogP contribution in [0.4, 0.5) is 36.3 Å². The average Bonchev–Trinajstić information content (AvgIpc) is 2.79. The van der Waals surface area contributed by atoms with E-state index in [1.807, 2.05) is 30.3 Å². The molecule has 3 N–H and O–H groups in total. The number of phenolic OH excluding ortho intramolecular Hbond substituents is 1. The highest BCUT2D eigenvalue weighted by Crippen LogP contribution is 2.37. The molecule has 0 radical (unpaired) electrons. The second kappa shape index (κ2) is 10.8. The number of pyridine rings is 1. The number of phenols is 1. The molecule has 0 atom stereocenters. The quantitative estimate of drug-likeness (QED) is 0.278. The third-order valence-corrected chi connectivity index (χ3v) is 5.88. The van der Waals surface area contributed by atoms with E-state index in [0.717, 1.165) is 29.1 Å². The van der Waals surface area contributed by atoms with Crippen LogP contribution >= 0.6 is 0 Å². The molecule has 1 saturated carbocycles. The minimum Gasteiger partial charge on any atom is -0.507 e. The van der Waals surface area contributed by atoms with E-state index in [-0.39, 0.29) is 11.6 Å². The summed E-state index contributed by atoms with van der Waals surface area (Å²) in [5.74, 6) is -0.305. The first kappa shape index (κ1) is 25.2. The number of benzene rings is 2. The summed E-state index contributed by atoms with van der Waals surface area (Å²) in [6.45, 7) is 0. The summed E-state index contributed by atoms with van der Waals surface area (Å²) < 4.78 is 38.9. The van der Waals surface area contributed by atoms with Crippen molar-refractivity contribution in [1.82, 2.24) is 19.9 Å². The number of aromatic nitrogens is 3. The van der Waals surface area contributed by atoms with Crippen LogP contribution in [-0.4, -0.2) is 45.1 Å². The van der Waals surface area contributed by atoms with Crippen molar-refractivity contribution in [3.8, 4) is 5.75 Å². The van der Waals surface area contributed by atoms with Gasteiger partial charge < -0.3 is 20.6 Å². The van der Waals surface area contributed by atoms with E-state index in [0.29, 0.717) is 11.5 Å². The fourth-order valence-corrected chi connectivity index (χ4v) is 3.65. The Morgan fingerprint density at radius 2 is 1.72 bits per heavy atom. The summed E-state index contributed by atoms with van der Waals surface area (Å²) in [7, 11) is 4.31. The molecule has 2 aromatic carbocycles. The van der Waals surface area contributed by atoms with Gasteiger partial charge in [0.05, 0.1) is 23.0 Å². The first-order valence-corrected chi connectivity index (χ1v) is 11.5. The molecule has 2 heterocycles. The Labute approximate surface area is 207 Å². The lowest BCUT2D eigenvalue weighted by atomic mass is 9.92. The predicted octanol–water partition coefficient (Wildman–Crippen LogP) is 6.34. The van der Waals surface area contributed by atoms with Crippen molar-refractivity contribution < 1.29 is 18.3 Å². The Morgan fingerprint density at radius 1 is 0.944 bits per heavy atom. The van der Waals surface area contributed by atoms with E-state index in [1.165, 1.54) is 31.5 Å². The number of alkyl halides is 3. The first-order chi connectivity index (χ1) is 17.2. The van der Waals surface area contributed by atoms with Crippen LogP contribution in [0.25, 0.3) is 10.9 Å². The zero-order valence-electron chi connectivity index (χ0n) is 19.9. The maximum atomic E-state index is 13.0. The smallest absolute Gasteiger partial charge is 0.420 e. The Kier molecular flexibility index (Phi) is 7.54. The number of aromatic hydroxyl groups is 1. The summed E-state index contributed by atoms with van der Waals surface area (Å²) >= 11 is 0. The summed E-state index contributed by atoms with van der Waals surface area (Å²) in [5.41, 5.74) is 0.520. The number of rotatable bonds is 5. The van der Waals surface area contributed by atoms with Gasteiger partial charge in [0.1, 0.15) is 11.6 Å². The third-order valence-electron chi connectivity index (χ3n) is 5.88. The fourth-order valence-electron chi connectivity index (χ4n) is 3.65. The molecule has 1 aliphatic carbocycles. The van der Waals surface area contributed by atoms with Crippen LogP contribution < -0.4 is 10.6 Å². The van der Waals surface area contributed by atoms with Crippen LogP contribution in [0.2, 0.25) is 0 Å². The van der Waals surface area contributed by atoms with Crippen LogP contribution in [0.3, 0.4) is 0 Å². The van der Waals surface area contributed by atoms with Gasteiger partial charge in [0.15, 0.2) is 0 Å². The lowest BCUT2D eigenvalue weighted by Gasteiger charge is -2.31. The molecule has 1 fully saturated rings. The molecular weight excluding hydrogens is 469 g/mol. The topological polar surface area (TPSA) is 86.2 Å². The largest absolute Gasteiger partial charge is 0.507 e. The average molecular weight is 497 g/mol. The van der Waals surface area contributed by atoms with Gasteiger partial charge in [0, 0.05) is 23.3 Å². The number of anilines is 4. The van der Waals surface area contributed by atoms with Gasteiger partial charge in [-0.15, -0.1) is 0 Å². The molecule has 188 valence electrons. The van der Waals surface area contributed by atoms with Gasteiger partial charge in [0.2, 0.25) is 5.95 Å². The molecular formula is C26H27F3N6O. The minimum atomic E-state index is -4.67. The Balaban J connectivity index is 0.000000375. The molecule has 0 spiro atoms. The van der Waals surface area contributed by atoms with Gasteiger partial charge in [-0.25, -0.2) is 4.98 Å². The van der Waals surface area contributed by atoms with Crippen molar-refractivity contribution in [3.05, 3.63) is 72.6 Å². The summed E-state index contributed by atoms with van der Waals surface area (Å²) in [4.78, 5) is 14.9. The van der Waals surface area contributed by atoms with Crippen LogP contribution in [0.5, 0.6) is 5.75 Å². The number of halogens is 3. The van der Waals surface area contributed by atoms with Crippen molar-refractivity contribution in [2.24, 2.45) is 0 Å². The minimum absolute atomic E-state index is 0.0969. The van der Waals surface area contributed by atoms with Crippen LogP contribution in [0.1, 0.15) is 24.8 Å². The third kappa shape index (κ3) is 6.39. The van der Waals surface area contributed by atoms with Crippen LogP contribution in [-0.2, 0) is 6.18 Å². The summed E-state index contributed by atoms with van der Waals surface area (Å²) in [6.07, 6.45) is 2.75. The van der Waals surface area contributed by atoms with Gasteiger partial charge in [-0.05, 0) is 63.3 Å². The standard InChI is InChI=1S/C20H14F3N5O.C6H13N/c21-20(22,23)15-10-13(5-6-17(15)29)27-19-24-8-7-18(28-19)26-14-9-12-3-1-2-4-16(12)25-11-14;1-7(2)6-4-3-5-6/h1-11,29H,(H2,24,26,27,28);6H,3-5H2,1-2H3. The maximum Gasteiger partial charge on any atom is 0.420 e. The summed E-state index contributed by atoms with van der Waals surface area (Å²) in [5, 5.41) is 16.2. The van der Waals surface area contributed by atoms with Crippen molar-refractivity contribution in [3.63, 3.8) is 0 Å². The van der Waals surface area contributed by atoms with Crippen LogP contribution in [0, 0.1) is 0 Å². The Bertz CT molecular complexity index is 1320. The highest BCUT2D eigenvalue weighted by Gasteiger charge is 2.34. The highest BCUT2D eigenvalue weighted by molar-refractivity contribution is 5.82. The van der Waals surface area contributed by atoms with E-state index in [2.05, 4.69) is 44.6 Å². The lowest BCUT2D eigenvalue weighted by Crippen LogP contribution is -2.33. The van der Waals surface area contributed by atoms with Gasteiger partial charge in [-0.1, -0.05) is 24.6 Å². The molecule has 5 rings (SSSR count). The zero-order chi connectivity index (χ0) is 25.7. The van der Waals surface area contributed by atoms with E-state index in [9.17, 15) is 18.3 Å². The van der Waals surface area contributed by atoms with Crippen LogP contribution in [0.15, 0.2) is 67.0 Å². The van der Waals surface area contributed by atoms with E-state index in [1.54, 1.807) is 12.3 Å². The molecule has 36 heavy (non-hydrogen) atoms. The molecule has 4 aromatic rings. The molecule has 0 saturated heterocycles. The number of para-hydroxylation sites is 1. The first-order valence-electron chi connectivity index (χ1n) is 11.5. The maximum absolute atomic E-state index is 13.0. The monoisotopic (exact) mass is 496 g/mol. The molecule has 0 amide bonds. The Hall–Kier alpha value is -3.92.